The van der Waals surface area contributed by atoms with Crippen LogP contribution in [-0.2, 0) is 0 Å². The minimum absolute atomic E-state index is 0.503. The third-order valence-corrected chi connectivity index (χ3v) is 4.81. The lowest BCUT2D eigenvalue weighted by Gasteiger charge is -2.13. The fourth-order valence-electron chi connectivity index (χ4n) is 2.52. The number of rotatable bonds is 2. The van der Waals surface area contributed by atoms with Gasteiger partial charge in [0.05, 0.1) is 0 Å². The maximum atomic E-state index is 5.93. The summed E-state index contributed by atoms with van der Waals surface area (Å²) in [7, 11) is 5.93. The molecule has 0 amide bonds. The van der Waals surface area contributed by atoms with Crippen molar-refractivity contribution in [2.24, 2.45) is 0 Å². The summed E-state index contributed by atoms with van der Waals surface area (Å²) in [5.74, 6) is 0. The highest BCUT2D eigenvalue weighted by Crippen LogP contribution is 2.33. The third-order valence-electron chi connectivity index (χ3n) is 3.61. The van der Waals surface area contributed by atoms with E-state index in [1.165, 1.54) is 22.1 Å². The van der Waals surface area contributed by atoms with Gasteiger partial charge in [0.1, 0.15) is 0 Å². The van der Waals surface area contributed by atoms with Crippen LogP contribution in [-0.4, -0.2) is 30.6 Å². The van der Waals surface area contributed by atoms with Crippen molar-refractivity contribution in [1.29, 1.82) is 0 Å². The minimum Gasteiger partial charge on any atom is -0.350 e. The Morgan fingerprint density at radius 2 is 1.94 bits per heavy atom. The van der Waals surface area contributed by atoms with Crippen LogP contribution in [0.4, 0.5) is 0 Å². The van der Waals surface area contributed by atoms with Gasteiger partial charge in [-0.3, -0.25) is 0 Å². The van der Waals surface area contributed by atoms with Crippen molar-refractivity contribution in [3.8, 4) is 0 Å². The van der Waals surface area contributed by atoms with Crippen LogP contribution in [0.3, 0.4) is 0 Å². The average molecular weight is 253 g/mol. The SMILES string of the molecule is [B]N1C[C@H](Sc2ccc3ccccc3c2)C[C@H]1C. The average Bonchev–Trinajstić information content (AvgIpc) is 2.68. The van der Waals surface area contributed by atoms with Gasteiger partial charge in [0.15, 0.2) is 7.98 Å². The molecule has 0 bridgehead atoms. The quantitative estimate of drug-likeness (QED) is 0.754. The molecule has 1 nitrogen and oxygen atoms in total. The predicted molar refractivity (Wildman–Crippen MR) is 80.1 cm³/mol. The minimum atomic E-state index is 0.503. The number of hydrogen-bond acceptors (Lipinski definition) is 2. The van der Waals surface area contributed by atoms with Crippen LogP contribution in [0.25, 0.3) is 10.8 Å². The summed E-state index contributed by atoms with van der Waals surface area (Å²) in [5.41, 5.74) is 0. The lowest BCUT2D eigenvalue weighted by Crippen LogP contribution is -2.23. The molecule has 1 heterocycles. The first-order chi connectivity index (χ1) is 8.72. The van der Waals surface area contributed by atoms with E-state index in [0.29, 0.717) is 11.3 Å². The predicted octanol–water partition coefficient (Wildman–Crippen LogP) is 3.48. The summed E-state index contributed by atoms with van der Waals surface area (Å²) >= 11 is 1.95. The Kier molecular flexibility index (Phi) is 3.36. The molecule has 0 saturated carbocycles. The first kappa shape index (κ1) is 12.1. The van der Waals surface area contributed by atoms with E-state index in [0.717, 1.165) is 6.54 Å². The zero-order valence-corrected chi connectivity index (χ0v) is 11.4. The highest BCUT2D eigenvalue weighted by atomic mass is 32.2. The molecule has 2 aromatic carbocycles. The molecule has 2 radical (unpaired) electrons. The number of hydrogen-bond donors (Lipinski definition) is 0. The molecule has 0 unspecified atom stereocenters. The molecular formula is C15H16BNS. The smallest absolute Gasteiger partial charge is 0.182 e. The largest absolute Gasteiger partial charge is 0.350 e. The number of fused-ring (bicyclic) bond motifs is 1. The zero-order valence-electron chi connectivity index (χ0n) is 10.5. The van der Waals surface area contributed by atoms with Crippen molar-refractivity contribution in [3.05, 3.63) is 42.5 Å². The Labute approximate surface area is 114 Å². The molecule has 0 N–H and O–H groups in total. The second-order valence-corrected chi connectivity index (χ2v) is 6.40. The molecule has 3 heteroatoms. The van der Waals surface area contributed by atoms with Crippen LogP contribution in [0.5, 0.6) is 0 Å². The molecule has 0 spiro atoms. The molecule has 3 rings (SSSR count). The van der Waals surface area contributed by atoms with Crippen LogP contribution in [0.15, 0.2) is 47.4 Å². The summed E-state index contributed by atoms with van der Waals surface area (Å²) < 4.78 is 0. The van der Waals surface area contributed by atoms with Crippen molar-refractivity contribution < 1.29 is 0 Å². The van der Waals surface area contributed by atoms with Crippen molar-refractivity contribution in [1.82, 2.24) is 4.81 Å². The summed E-state index contributed by atoms with van der Waals surface area (Å²) in [5, 5.41) is 3.24. The fourth-order valence-corrected chi connectivity index (χ4v) is 3.87. The van der Waals surface area contributed by atoms with Gasteiger partial charge in [0.25, 0.3) is 0 Å². The van der Waals surface area contributed by atoms with Gasteiger partial charge in [0.2, 0.25) is 0 Å². The molecular weight excluding hydrogens is 237 g/mol. The number of benzene rings is 2. The molecule has 18 heavy (non-hydrogen) atoms. The summed E-state index contributed by atoms with van der Waals surface area (Å²) in [4.78, 5) is 3.31. The zero-order chi connectivity index (χ0) is 12.5. The molecule has 1 fully saturated rings. The molecule has 0 aliphatic carbocycles. The maximum absolute atomic E-state index is 5.93. The topological polar surface area (TPSA) is 3.24 Å². The van der Waals surface area contributed by atoms with E-state index < -0.39 is 0 Å². The van der Waals surface area contributed by atoms with Gasteiger partial charge in [-0.2, -0.15) is 0 Å². The highest BCUT2D eigenvalue weighted by Gasteiger charge is 2.26. The Morgan fingerprint density at radius 1 is 1.17 bits per heavy atom. The molecule has 0 aromatic heterocycles. The van der Waals surface area contributed by atoms with Crippen LogP contribution < -0.4 is 0 Å². The Morgan fingerprint density at radius 3 is 2.67 bits per heavy atom. The van der Waals surface area contributed by atoms with Crippen LogP contribution >= 0.6 is 11.8 Å². The second-order valence-electron chi connectivity index (χ2n) is 5.03. The first-order valence-corrected chi connectivity index (χ1v) is 7.27. The summed E-state index contributed by atoms with van der Waals surface area (Å²) in [6.07, 6.45) is 1.17. The lowest BCUT2D eigenvalue weighted by molar-refractivity contribution is 0.450. The molecule has 2 aromatic rings. The van der Waals surface area contributed by atoms with Crippen molar-refractivity contribution >= 4 is 30.5 Å². The van der Waals surface area contributed by atoms with Gasteiger partial charge < -0.3 is 4.81 Å². The Bertz CT molecular complexity index is 547. The monoisotopic (exact) mass is 253 g/mol. The van der Waals surface area contributed by atoms with E-state index in [2.05, 4.69) is 49.4 Å². The van der Waals surface area contributed by atoms with Crippen LogP contribution in [0.1, 0.15) is 13.3 Å². The molecule has 90 valence electrons. The normalized spacial score (nSPS) is 24.7. The van der Waals surface area contributed by atoms with Gasteiger partial charge in [0, 0.05) is 10.1 Å². The number of nitrogens with zero attached hydrogens (tertiary/aromatic N) is 1. The van der Waals surface area contributed by atoms with Crippen molar-refractivity contribution in [2.45, 2.75) is 29.5 Å². The summed E-state index contributed by atoms with van der Waals surface area (Å²) in [6.45, 7) is 3.18. The third kappa shape index (κ3) is 2.43. The van der Waals surface area contributed by atoms with Crippen molar-refractivity contribution in [3.63, 3.8) is 0 Å². The lowest BCUT2D eigenvalue weighted by atomic mass is 10.1. The van der Waals surface area contributed by atoms with Crippen molar-refractivity contribution in [2.75, 3.05) is 6.54 Å². The fraction of sp³-hybridized carbons (Fsp3) is 0.333. The van der Waals surface area contributed by atoms with Gasteiger partial charge in [-0.15, -0.1) is 11.8 Å². The van der Waals surface area contributed by atoms with E-state index >= 15 is 0 Å². The molecule has 1 saturated heterocycles. The van der Waals surface area contributed by atoms with E-state index in [1.807, 2.05) is 16.6 Å². The van der Waals surface area contributed by atoms with Gasteiger partial charge in [-0.25, -0.2) is 0 Å². The standard InChI is InChI=1S/C15H16BNS/c1-11-8-15(10-17(11)16)18-14-7-6-12-4-2-3-5-13(12)9-14/h2-7,9,11,15H,8,10H2,1H3/t11-,15-/m1/s1. The van der Waals surface area contributed by atoms with Gasteiger partial charge >= 0.3 is 0 Å². The first-order valence-electron chi connectivity index (χ1n) is 6.39. The second kappa shape index (κ2) is 4.98. The van der Waals surface area contributed by atoms with E-state index in [9.17, 15) is 0 Å². The molecule has 1 aliphatic rings. The van der Waals surface area contributed by atoms with Gasteiger partial charge in [-0.1, -0.05) is 37.3 Å². The molecule has 2 atom stereocenters. The molecule has 1 aliphatic heterocycles. The van der Waals surface area contributed by atoms with Gasteiger partial charge in [-0.05, 0) is 41.9 Å². The number of thioether (sulfide) groups is 1. The van der Waals surface area contributed by atoms with Crippen LogP contribution in [0, 0.1) is 0 Å². The maximum Gasteiger partial charge on any atom is 0.182 e. The van der Waals surface area contributed by atoms with E-state index in [1.54, 1.807) is 0 Å². The Balaban J connectivity index is 1.79. The van der Waals surface area contributed by atoms with E-state index in [4.69, 9.17) is 7.98 Å². The summed E-state index contributed by atoms with van der Waals surface area (Å²) in [6, 6.07) is 15.7. The Hall–Kier alpha value is -0.925. The highest BCUT2D eigenvalue weighted by molar-refractivity contribution is 8.00. The van der Waals surface area contributed by atoms with E-state index in [-0.39, 0.29) is 0 Å². The van der Waals surface area contributed by atoms with Crippen LogP contribution in [0.2, 0.25) is 0 Å².